The van der Waals surface area contributed by atoms with Crippen molar-refractivity contribution >= 4 is 28.6 Å². The molecule has 20 heavy (non-hydrogen) atoms. The molecule has 1 aromatic heterocycles. The maximum Gasteiger partial charge on any atom is 0.341 e. The van der Waals surface area contributed by atoms with Crippen molar-refractivity contribution in [1.82, 2.24) is 4.57 Å². The quantitative estimate of drug-likeness (QED) is 0.820. The van der Waals surface area contributed by atoms with Gasteiger partial charge in [-0.3, -0.25) is 4.79 Å². The second kappa shape index (κ2) is 6.11. The first kappa shape index (κ1) is 14.6. The van der Waals surface area contributed by atoms with E-state index in [1.165, 1.54) is 6.20 Å². The average molecular weight is 292 g/mol. The standard InChI is InChI=1S/C14H16N2O3S/c1-2-16-8-11(14(18)19)13(17)10-7-9(20-6-5-15)3-4-12(10)16/h3-4,7-8H,2,5-6,15H2,1H3,(H,18,19). The highest BCUT2D eigenvalue weighted by Gasteiger charge is 2.14. The summed E-state index contributed by atoms with van der Waals surface area (Å²) in [6.07, 6.45) is 1.40. The van der Waals surface area contributed by atoms with E-state index >= 15 is 0 Å². The largest absolute Gasteiger partial charge is 0.477 e. The summed E-state index contributed by atoms with van der Waals surface area (Å²) in [5, 5.41) is 9.56. The SMILES string of the molecule is CCn1cc(C(=O)O)c(=O)c2cc(SCCN)ccc21. The first-order valence-electron chi connectivity index (χ1n) is 6.31. The Morgan fingerprint density at radius 3 is 2.80 bits per heavy atom. The zero-order valence-electron chi connectivity index (χ0n) is 11.1. The first-order chi connectivity index (χ1) is 9.58. The number of hydrogen-bond donors (Lipinski definition) is 2. The molecule has 0 amide bonds. The molecule has 0 unspecified atom stereocenters. The molecule has 0 saturated heterocycles. The van der Waals surface area contributed by atoms with E-state index in [4.69, 9.17) is 10.8 Å². The molecule has 1 heterocycles. The van der Waals surface area contributed by atoms with Crippen LogP contribution in [0.4, 0.5) is 0 Å². The number of benzene rings is 1. The van der Waals surface area contributed by atoms with Gasteiger partial charge in [-0.1, -0.05) is 0 Å². The van der Waals surface area contributed by atoms with Crippen molar-refractivity contribution in [2.75, 3.05) is 12.3 Å². The molecule has 0 radical (unpaired) electrons. The lowest BCUT2D eigenvalue weighted by Gasteiger charge is -2.11. The summed E-state index contributed by atoms with van der Waals surface area (Å²) in [4.78, 5) is 24.3. The molecular weight excluding hydrogens is 276 g/mol. The van der Waals surface area contributed by atoms with E-state index in [2.05, 4.69) is 0 Å². The molecule has 0 atom stereocenters. The highest BCUT2D eigenvalue weighted by atomic mass is 32.2. The van der Waals surface area contributed by atoms with Crippen molar-refractivity contribution in [3.8, 4) is 0 Å². The number of carboxylic acids is 1. The number of carboxylic acid groups (broad SMARTS) is 1. The Labute approximate surface area is 120 Å². The van der Waals surface area contributed by atoms with Crippen LogP contribution in [0.2, 0.25) is 0 Å². The van der Waals surface area contributed by atoms with Gasteiger partial charge in [0.25, 0.3) is 0 Å². The third-order valence-electron chi connectivity index (χ3n) is 3.01. The fraction of sp³-hybridized carbons (Fsp3) is 0.286. The Hall–Kier alpha value is -1.79. The molecule has 2 rings (SSSR count). The number of hydrogen-bond acceptors (Lipinski definition) is 4. The molecule has 106 valence electrons. The average Bonchev–Trinajstić information content (AvgIpc) is 2.45. The van der Waals surface area contributed by atoms with Crippen molar-refractivity contribution in [1.29, 1.82) is 0 Å². The van der Waals surface area contributed by atoms with Crippen LogP contribution >= 0.6 is 11.8 Å². The van der Waals surface area contributed by atoms with Gasteiger partial charge in [0.15, 0.2) is 0 Å². The summed E-state index contributed by atoms with van der Waals surface area (Å²) in [7, 11) is 0. The van der Waals surface area contributed by atoms with E-state index in [1.54, 1.807) is 22.4 Å². The molecule has 1 aromatic carbocycles. The van der Waals surface area contributed by atoms with Crippen molar-refractivity contribution in [2.24, 2.45) is 5.73 Å². The zero-order chi connectivity index (χ0) is 14.7. The molecule has 0 spiro atoms. The first-order valence-corrected chi connectivity index (χ1v) is 7.30. The van der Waals surface area contributed by atoms with Gasteiger partial charge in [0.05, 0.1) is 5.52 Å². The van der Waals surface area contributed by atoms with Gasteiger partial charge in [-0.05, 0) is 25.1 Å². The van der Waals surface area contributed by atoms with E-state index < -0.39 is 11.4 Å². The van der Waals surface area contributed by atoms with Crippen LogP contribution in [0.3, 0.4) is 0 Å². The number of aromatic carboxylic acids is 1. The molecule has 0 aliphatic heterocycles. The zero-order valence-corrected chi connectivity index (χ0v) is 11.9. The van der Waals surface area contributed by atoms with E-state index in [0.29, 0.717) is 18.5 Å². The Kier molecular flexibility index (Phi) is 4.46. The lowest BCUT2D eigenvalue weighted by molar-refractivity contribution is 0.0695. The van der Waals surface area contributed by atoms with E-state index in [0.717, 1.165) is 16.2 Å². The lowest BCUT2D eigenvalue weighted by atomic mass is 10.1. The predicted molar refractivity (Wildman–Crippen MR) is 80.6 cm³/mol. The number of fused-ring (bicyclic) bond motifs is 1. The Morgan fingerprint density at radius 1 is 1.45 bits per heavy atom. The number of aryl methyl sites for hydroxylation is 1. The topological polar surface area (TPSA) is 85.3 Å². The maximum absolute atomic E-state index is 12.2. The van der Waals surface area contributed by atoms with E-state index in [9.17, 15) is 9.59 Å². The van der Waals surface area contributed by atoms with Gasteiger partial charge < -0.3 is 15.4 Å². The maximum atomic E-state index is 12.2. The van der Waals surface area contributed by atoms with Gasteiger partial charge in [0.2, 0.25) is 5.43 Å². The van der Waals surface area contributed by atoms with Crippen molar-refractivity contribution in [3.63, 3.8) is 0 Å². The smallest absolute Gasteiger partial charge is 0.341 e. The van der Waals surface area contributed by atoms with Gasteiger partial charge in [0.1, 0.15) is 5.56 Å². The van der Waals surface area contributed by atoms with E-state index in [-0.39, 0.29) is 5.56 Å². The fourth-order valence-electron chi connectivity index (χ4n) is 2.06. The van der Waals surface area contributed by atoms with Gasteiger partial charge in [-0.25, -0.2) is 4.79 Å². The third kappa shape index (κ3) is 2.71. The van der Waals surface area contributed by atoms with Crippen molar-refractivity contribution < 1.29 is 9.90 Å². The fourth-order valence-corrected chi connectivity index (χ4v) is 2.78. The molecule has 0 bridgehead atoms. The highest BCUT2D eigenvalue weighted by molar-refractivity contribution is 7.99. The molecular formula is C14H16N2O3S. The van der Waals surface area contributed by atoms with Crippen LogP contribution in [-0.4, -0.2) is 27.9 Å². The molecule has 5 nitrogen and oxygen atoms in total. The highest BCUT2D eigenvalue weighted by Crippen LogP contribution is 2.22. The minimum Gasteiger partial charge on any atom is -0.477 e. The number of nitrogens with two attached hydrogens (primary N) is 1. The Balaban J connectivity index is 2.68. The second-order valence-corrected chi connectivity index (χ2v) is 5.45. The second-order valence-electron chi connectivity index (χ2n) is 4.28. The number of aromatic nitrogens is 1. The van der Waals surface area contributed by atoms with Gasteiger partial charge in [-0.2, -0.15) is 0 Å². The van der Waals surface area contributed by atoms with Crippen LogP contribution in [0.15, 0.2) is 34.1 Å². The van der Waals surface area contributed by atoms with Gasteiger partial charge in [0, 0.05) is 35.3 Å². The summed E-state index contributed by atoms with van der Waals surface area (Å²) >= 11 is 1.55. The summed E-state index contributed by atoms with van der Waals surface area (Å²) in [5.74, 6) is -0.439. The van der Waals surface area contributed by atoms with Crippen molar-refractivity contribution in [3.05, 3.63) is 40.2 Å². The summed E-state index contributed by atoms with van der Waals surface area (Å²) in [6, 6.07) is 5.52. The minimum atomic E-state index is -1.20. The van der Waals surface area contributed by atoms with Crippen LogP contribution in [-0.2, 0) is 6.54 Å². The van der Waals surface area contributed by atoms with Gasteiger partial charge >= 0.3 is 5.97 Å². The number of nitrogens with zero attached hydrogens (tertiary/aromatic N) is 1. The number of rotatable bonds is 5. The minimum absolute atomic E-state index is 0.194. The lowest BCUT2D eigenvalue weighted by Crippen LogP contribution is -2.18. The monoisotopic (exact) mass is 292 g/mol. The van der Waals surface area contributed by atoms with Crippen LogP contribution in [0.1, 0.15) is 17.3 Å². The Morgan fingerprint density at radius 2 is 2.20 bits per heavy atom. The molecule has 2 aromatic rings. The van der Waals surface area contributed by atoms with Gasteiger partial charge in [-0.15, -0.1) is 11.8 Å². The molecule has 0 saturated carbocycles. The number of carbonyl (C=O) groups is 1. The van der Waals surface area contributed by atoms with Crippen LogP contribution in [0, 0.1) is 0 Å². The number of thioether (sulfide) groups is 1. The summed E-state index contributed by atoms with van der Waals surface area (Å²) in [6.45, 7) is 3.07. The van der Waals surface area contributed by atoms with Crippen LogP contribution in [0.5, 0.6) is 0 Å². The predicted octanol–water partition coefficient (Wildman–Crippen LogP) is 1.77. The van der Waals surface area contributed by atoms with Crippen LogP contribution < -0.4 is 11.2 Å². The summed E-state index contributed by atoms with van der Waals surface area (Å²) in [5.41, 5.74) is 5.58. The molecule has 0 fully saturated rings. The van der Waals surface area contributed by atoms with Crippen molar-refractivity contribution in [2.45, 2.75) is 18.4 Å². The normalized spacial score (nSPS) is 10.9. The molecule has 6 heteroatoms. The molecule has 0 aliphatic rings. The Bertz CT molecular complexity index is 709. The summed E-state index contributed by atoms with van der Waals surface area (Å²) < 4.78 is 1.78. The number of pyridine rings is 1. The third-order valence-corrected chi connectivity index (χ3v) is 4.04. The molecule has 0 aliphatic carbocycles. The van der Waals surface area contributed by atoms with E-state index in [1.807, 2.05) is 19.1 Å². The molecule has 3 N–H and O–H groups in total. The van der Waals surface area contributed by atoms with Crippen LogP contribution in [0.25, 0.3) is 10.9 Å².